The normalized spacial score (nSPS) is 20.2. The molecule has 0 aromatic heterocycles. The Balaban J connectivity index is 2.84. The summed E-state index contributed by atoms with van der Waals surface area (Å²) in [6.07, 6.45) is 5.76. The molecule has 16 heavy (non-hydrogen) atoms. The molecular weight excluding hydrogens is 200 g/mol. The van der Waals surface area contributed by atoms with Crippen LogP contribution in [0.5, 0.6) is 0 Å². The third-order valence-electron chi connectivity index (χ3n) is 3.00. The quantitative estimate of drug-likeness (QED) is 0.762. The van der Waals surface area contributed by atoms with Crippen molar-refractivity contribution in [3.05, 3.63) is 23.9 Å². The summed E-state index contributed by atoms with van der Waals surface area (Å²) in [5.74, 6) is 1.19. The summed E-state index contributed by atoms with van der Waals surface area (Å²) in [5.41, 5.74) is 6.42. The molecule has 1 amide bonds. The average Bonchev–Trinajstić information content (AvgIpc) is 2.16. The van der Waals surface area contributed by atoms with E-state index < -0.39 is 0 Å². The lowest BCUT2D eigenvalue weighted by Gasteiger charge is -2.31. The molecule has 3 nitrogen and oxygen atoms in total. The van der Waals surface area contributed by atoms with Gasteiger partial charge in [0.1, 0.15) is 6.04 Å². The zero-order valence-corrected chi connectivity index (χ0v) is 10.5. The number of allylic oxidation sites excluding steroid dienone is 3. The van der Waals surface area contributed by atoms with Gasteiger partial charge in [0.2, 0.25) is 5.91 Å². The fourth-order valence-corrected chi connectivity index (χ4v) is 2.41. The van der Waals surface area contributed by atoms with Crippen LogP contribution >= 0.6 is 0 Å². The maximum atomic E-state index is 11.1. The zero-order valence-electron chi connectivity index (χ0n) is 10.5. The van der Waals surface area contributed by atoms with Gasteiger partial charge in [0.05, 0.1) is 0 Å². The monoisotopic (exact) mass is 222 g/mol. The lowest BCUT2D eigenvalue weighted by Crippen LogP contribution is -2.43. The number of nitrogens with two attached hydrogens (primary N) is 1. The van der Waals surface area contributed by atoms with E-state index in [1.165, 1.54) is 0 Å². The molecule has 0 spiro atoms. The number of rotatable bonds is 4. The molecule has 0 fully saturated rings. The predicted octanol–water partition coefficient (Wildman–Crippen LogP) is 1.81. The minimum Gasteiger partial charge on any atom is -0.374 e. The van der Waals surface area contributed by atoms with Crippen LogP contribution in [0.3, 0.4) is 0 Å². The highest BCUT2D eigenvalue weighted by Crippen LogP contribution is 2.28. The minimum atomic E-state index is -0.361. The van der Waals surface area contributed by atoms with Crippen LogP contribution in [-0.2, 0) is 4.79 Å². The van der Waals surface area contributed by atoms with Gasteiger partial charge in [-0.3, -0.25) is 4.79 Å². The minimum absolute atomic E-state index is 0.326. The molecule has 90 valence electrons. The van der Waals surface area contributed by atoms with Gasteiger partial charge in [-0.1, -0.05) is 39.8 Å². The first kappa shape index (κ1) is 12.8. The maximum absolute atomic E-state index is 11.1. The van der Waals surface area contributed by atoms with Crippen LogP contribution in [0, 0.1) is 17.8 Å². The van der Waals surface area contributed by atoms with Gasteiger partial charge in [0.25, 0.3) is 0 Å². The Hall–Kier alpha value is -1.25. The topological polar surface area (TPSA) is 55.1 Å². The van der Waals surface area contributed by atoms with E-state index in [4.69, 9.17) is 5.73 Å². The Labute approximate surface area is 97.8 Å². The lowest BCUT2D eigenvalue weighted by molar-refractivity contribution is -0.118. The van der Waals surface area contributed by atoms with Crippen molar-refractivity contribution in [2.75, 3.05) is 0 Å². The van der Waals surface area contributed by atoms with Gasteiger partial charge >= 0.3 is 0 Å². The number of hydrogen-bond acceptors (Lipinski definition) is 2. The van der Waals surface area contributed by atoms with Crippen molar-refractivity contribution < 1.29 is 4.79 Å². The lowest BCUT2D eigenvalue weighted by atomic mass is 9.82. The van der Waals surface area contributed by atoms with Crippen molar-refractivity contribution in [3.8, 4) is 0 Å². The SMILES string of the molecule is CC(C)C(C1=CC=CC(C(N)=O)N1)C(C)C. The van der Waals surface area contributed by atoms with Gasteiger partial charge in [0, 0.05) is 11.6 Å². The second kappa shape index (κ2) is 5.19. The van der Waals surface area contributed by atoms with Gasteiger partial charge in [-0.25, -0.2) is 0 Å². The van der Waals surface area contributed by atoms with Crippen LogP contribution in [0.15, 0.2) is 23.9 Å². The van der Waals surface area contributed by atoms with Crippen LogP contribution in [0.4, 0.5) is 0 Å². The molecule has 1 atom stereocenters. The van der Waals surface area contributed by atoms with Crippen LogP contribution in [-0.4, -0.2) is 11.9 Å². The molecule has 1 unspecified atom stereocenters. The highest BCUT2D eigenvalue weighted by Gasteiger charge is 2.25. The molecule has 3 heteroatoms. The Kier molecular flexibility index (Phi) is 4.16. The molecular formula is C13H22N2O. The van der Waals surface area contributed by atoms with E-state index in [2.05, 4.69) is 33.0 Å². The molecule has 0 saturated heterocycles. The first-order valence-corrected chi connectivity index (χ1v) is 5.87. The van der Waals surface area contributed by atoms with E-state index in [1.807, 2.05) is 12.2 Å². The van der Waals surface area contributed by atoms with Gasteiger partial charge in [-0.2, -0.15) is 0 Å². The van der Waals surface area contributed by atoms with Crippen molar-refractivity contribution in [3.63, 3.8) is 0 Å². The van der Waals surface area contributed by atoms with Crippen LogP contribution in [0.2, 0.25) is 0 Å². The zero-order chi connectivity index (χ0) is 12.3. The van der Waals surface area contributed by atoms with Crippen molar-refractivity contribution in [2.45, 2.75) is 33.7 Å². The molecule has 3 N–H and O–H groups in total. The van der Waals surface area contributed by atoms with Crippen LogP contribution < -0.4 is 11.1 Å². The third-order valence-corrected chi connectivity index (χ3v) is 3.00. The first-order valence-electron chi connectivity index (χ1n) is 5.87. The molecule has 1 aliphatic rings. The Morgan fingerprint density at radius 3 is 2.31 bits per heavy atom. The molecule has 1 aliphatic heterocycles. The number of carbonyl (C=O) groups is 1. The second-order valence-corrected chi connectivity index (χ2v) is 5.05. The number of nitrogens with one attached hydrogen (secondary N) is 1. The van der Waals surface area contributed by atoms with E-state index in [0.29, 0.717) is 17.8 Å². The molecule has 0 aromatic carbocycles. The summed E-state index contributed by atoms with van der Waals surface area (Å²) < 4.78 is 0. The average molecular weight is 222 g/mol. The number of amides is 1. The summed E-state index contributed by atoms with van der Waals surface area (Å²) in [5, 5.41) is 3.22. The van der Waals surface area contributed by atoms with E-state index >= 15 is 0 Å². The highest BCUT2D eigenvalue weighted by molar-refractivity contribution is 5.82. The Bertz CT molecular complexity index is 308. The summed E-state index contributed by atoms with van der Waals surface area (Å²) in [7, 11) is 0. The predicted molar refractivity (Wildman–Crippen MR) is 66.5 cm³/mol. The fourth-order valence-electron chi connectivity index (χ4n) is 2.41. The van der Waals surface area contributed by atoms with Gasteiger partial charge in [0.15, 0.2) is 0 Å². The summed E-state index contributed by atoms with van der Waals surface area (Å²) in [6, 6.07) is -0.361. The summed E-state index contributed by atoms with van der Waals surface area (Å²) >= 11 is 0. The number of carbonyl (C=O) groups excluding carboxylic acids is 1. The van der Waals surface area contributed by atoms with Crippen molar-refractivity contribution in [2.24, 2.45) is 23.5 Å². The van der Waals surface area contributed by atoms with Crippen LogP contribution in [0.1, 0.15) is 27.7 Å². The van der Waals surface area contributed by atoms with Crippen molar-refractivity contribution in [1.29, 1.82) is 0 Å². The molecule has 0 aliphatic carbocycles. The van der Waals surface area contributed by atoms with Crippen LogP contribution in [0.25, 0.3) is 0 Å². The third kappa shape index (κ3) is 2.87. The molecule has 0 saturated carbocycles. The van der Waals surface area contributed by atoms with Gasteiger partial charge < -0.3 is 11.1 Å². The Morgan fingerprint density at radius 1 is 1.31 bits per heavy atom. The summed E-state index contributed by atoms with van der Waals surface area (Å²) in [6.45, 7) is 8.80. The fraction of sp³-hybridized carbons (Fsp3) is 0.615. The van der Waals surface area contributed by atoms with Crippen molar-refractivity contribution >= 4 is 5.91 Å². The highest BCUT2D eigenvalue weighted by atomic mass is 16.1. The largest absolute Gasteiger partial charge is 0.374 e. The molecule has 0 radical (unpaired) electrons. The number of primary amides is 1. The van der Waals surface area contributed by atoms with E-state index in [-0.39, 0.29) is 11.9 Å². The smallest absolute Gasteiger partial charge is 0.243 e. The first-order chi connectivity index (χ1) is 7.43. The van der Waals surface area contributed by atoms with E-state index in [9.17, 15) is 4.79 Å². The van der Waals surface area contributed by atoms with E-state index in [1.54, 1.807) is 6.08 Å². The molecule has 1 rings (SSSR count). The standard InChI is InChI=1S/C13H22N2O/c1-8(2)12(9(3)4)10-6-5-7-11(15-10)13(14)16/h5-9,11-12,15H,1-4H3,(H2,14,16). The molecule has 0 aromatic rings. The van der Waals surface area contributed by atoms with E-state index in [0.717, 1.165) is 5.70 Å². The number of hydrogen-bond donors (Lipinski definition) is 2. The summed E-state index contributed by atoms with van der Waals surface area (Å²) in [4.78, 5) is 11.1. The van der Waals surface area contributed by atoms with Crippen molar-refractivity contribution in [1.82, 2.24) is 5.32 Å². The molecule has 0 bridgehead atoms. The van der Waals surface area contributed by atoms with Gasteiger partial charge in [-0.05, 0) is 17.9 Å². The maximum Gasteiger partial charge on any atom is 0.243 e. The van der Waals surface area contributed by atoms with Gasteiger partial charge in [-0.15, -0.1) is 0 Å². The Morgan fingerprint density at radius 2 is 1.88 bits per heavy atom. The molecule has 1 heterocycles. The number of dihydropyridines is 1. The second-order valence-electron chi connectivity index (χ2n) is 5.05.